The zero-order valence-corrected chi connectivity index (χ0v) is 12.5. The van der Waals surface area contributed by atoms with Gasteiger partial charge in [-0.1, -0.05) is 13.0 Å². The Hall–Kier alpha value is -1.52. The maximum atomic E-state index is 13.8. The maximum absolute atomic E-state index is 13.8. The Kier molecular flexibility index (Phi) is 4.46. The lowest BCUT2D eigenvalue weighted by Crippen LogP contribution is -2.45. The van der Waals surface area contributed by atoms with Gasteiger partial charge in [0.2, 0.25) is 0 Å². The molecule has 4 heteroatoms. The molecule has 2 heterocycles. The van der Waals surface area contributed by atoms with Gasteiger partial charge < -0.3 is 5.32 Å². The van der Waals surface area contributed by atoms with Crippen molar-refractivity contribution in [3.8, 4) is 0 Å². The number of benzene rings is 1. The average Bonchev–Trinajstić information content (AvgIpc) is 2.53. The second kappa shape index (κ2) is 6.50. The van der Waals surface area contributed by atoms with Crippen molar-refractivity contribution >= 4 is 10.9 Å². The van der Waals surface area contributed by atoms with Gasteiger partial charge in [0.25, 0.3) is 0 Å². The van der Waals surface area contributed by atoms with E-state index in [0.717, 1.165) is 42.6 Å². The Labute approximate surface area is 125 Å². The van der Waals surface area contributed by atoms with Gasteiger partial charge in [-0.2, -0.15) is 0 Å². The van der Waals surface area contributed by atoms with Crippen LogP contribution in [0.3, 0.4) is 0 Å². The molecule has 21 heavy (non-hydrogen) atoms. The summed E-state index contributed by atoms with van der Waals surface area (Å²) in [6.07, 6.45) is 4.20. The zero-order chi connectivity index (χ0) is 14.7. The van der Waals surface area contributed by atoms with Crippen LogP contribution in [0.2, 0.25) is 0 Å². The van der Waals surface area contributed by atoms with Crippen molar-refractivity contribution in [2.45, 2.75) is 32.4 Å². The van der Waals surface area contributed by atoms with Gasteiger partial charge in [-0.3, -0.25) is 9.88 Å². The summed E-state index contributed by atoms with van der Waals surface area (Å²) in [5, 5.41) is 4.33. The number of pyridine rings is 1. The molecule has 1 aromatic heterocycles. The van der Waals surface area contributed by atoms with Gasteiger partial charge in [-0.25, -0.2) is 4.39 Å². The van der Waals surface area contributed by atoms with E-state index in [2.05, 4.69) is 22.1 Å². The molecule has 1 unspecified atom stereocenters. The zero-order valence-electron chi connectivity index (χ0n) is 12.5. The molecule has 1 saturated heterocycles. The minimum Gasteiger partial charge on any atom is -0.315 e. The van der Waals surface area contributed by atoms with E-state index in [9.17, 15) is 4.39 Å². The molecule has 1 atom stereocenters. The molecule has 1 aliphatic heterocycles. The number of piperidine rings is 1. The molecule has 0 saturated carbocycles. The molecule has 2 aromatic rings. The topological polar surface area (TPSA) is 28.2 Å². The molecule has 3 nitrogen and oxygen atoms in total. The third-order valence-electron chi connectivity index (χ3n) is 4.32. The van der Waals surface area contributed by atoms with E-state index in [0.29, 0.717) is 6.04 Å². The van der Waals surface area contributed by atoms with Crippen molar-refractivity contribution < 1.29 is 4.39 Å². The van der Waals surface area contributed by atoms with Crippen molar-refractivity contribution in [2.24, 2.45) is 0 Å². The van der Waals surface area contributed by atoms with Gasteiger partial charge in [-0.15, -0.1) is 0 Å². The molecule has 1 N–H and O–H groups in total. The summed E-state index contributed by atoms with van der Waals surface area (Å²) in [4.78, 5) is 6.87. The molecular formula is C17H22FN3. The van der Waals surface area contributed by atoms with Crippen molar-refractivity contribution in [1.29, 1.82) is 0 Å². The SMILES string of the molecule is CCN(Cc1cc(F)cc2cccnc12)C1CCCNC1. The largest absolute Gasteiger partial charge is 0.315 e. The van der Waals surface area contributed by atoms with Gasteiger partial charge in [0, 0.05) is 30.7 Å². The number of halogens is 1. The summed E-state index contributed by atoms with van der Waals surface area (Å²) in [5.41, 5.74) is 1.90. The van der Waals surface area contributed by atoms with Crippen LogP contribution in [0.15, 0.2) is 30.5 Å². The maximum Gasteiger partial charge on any atom is 0.124 e. The number of likely N-dealkylation sites (N-methyl/N-ethyl adjacent to an activating group) is 1. The van der Waals surface area contributed by atoms with E-state index in [1.807, 2.05) is 12.1 Å². The second-order valence-electron chi connectivity index (χ2n) is 5.70. The minimum atomic E-state index is -0.177. The van der Waals surface area contributed by atoms with Crippen LogP contribution in [0, 0.1) is 5.82 Å². The van der Waals surface area contributed by atoms with Crippen LogP contribution >= 0.6 is 0 Å². The summed E-state index contributed by atoms with van der Waals surface area (Å²) in [7, 11) is 0. The highest BCUT2D eigenvalue weighted by Gasteiger charge is 2.20. The Morgan fingerprint density at radius 1 is 1.43 bits per heavy atom. The van der Waals surface area contributed by atoms with Crippen molar-refractivity contribution in [3.63, 3.8) is 0 Å². The lowest BCUT2D eigenvalue weighted by Gasteiger charge is -2.34. The fraction of sp³-hybridized carbons (Fsp3) is 0.471. The molecule has 3 rings (SSSR count). The minimum absolute atomic E-state index is 0.177. The molecule has 1 aromatic carbocycles. The predicted octanol–water partition coefficient (Wildman–Crippen LogP) is 2.95. The predicted molar refractivity (Wildman–Crippen MR) is 83.7 cm³/mol. The lowest BCUT2D eigenvalue weighted by atomic mass is 10.0. The van der Waals surface area contributed by atoms with Gasteiger partial charge in [0.1, 0.15) is 5.82 Å². The molecular weight excluding hydrogens is 265 g/mol. The highest BCUT2D eigenvalue weighted by molar-refractivity contribution is 5.81. The van der Waals surface area contributed by atoms with Crippen LogP contribution < -0.4 is 5.32 Å². The van der Waals surface area contributed by atoms with Gasteiger partial charge in [0.05, 0.1) is 5.52 Å². The fourth-order valence-corrected chi connectivity index (χ4v) is 3.21. The first-order valence-electron chi connectivity index (χ1n) is 7.76. The van der Waals surface area contributed by atoms with E-state index >= 15 is 0 Å². The molecule has 1 fully saturated rings. The van der Waals surface area contributed by atoms with Crippen LogP contribution in [0.5, 0.6) is 0 Å². The summed E-state index contributed by atoms with van der Waals surface area (Å²) < 4.78 is 13.8. The molecule has 0 aliphatic carbocycles. The first-order chi connectivity index (χ1) is 10.3. The first-order valence-corrected chi connectivity index (χ1v) is 7.76. The van der Waals surface area contributed by atoms with Crippen LogP contribution in [-0.4, -0.2) is 35.6 Å². The van der Waals surface area contributed by atoms with Gasteiger partial charge in [-0.05, 0) is 49.7 Å². The summed E-state index contributed by atoms with van der Waals surface area (Å²) in [6.45, 7) is 6.03. The molecule has 0 radical (unpaired) electrons. The van der Waals surface area contributed by atoms with E-state index < -0.39 is 0 Å². The number of fused-ring (bicyclic) bond motifs is 1. The quantitative estimate of drug-likeness (QED) is 0.937. The lowest BCUT2D eigenvalue weighted by molar-refractivity contribution is 0.166. The number of nitrogens with one attached hydrogen (secondary N) is 1. The number of hydrogen-bond donors (Lipinski definition) is 1. The van der Waals surface area contributed by atoms with Crippen LogP contribution in [0.1, 0.15) is 25.3 Å². The normalized spacial score (nSPS) is 19.3. The standard InChI is InChI=1S/C17H22FN3/c1-2-21(16-6-4-7-19-11-16)12-14-10-15(18)9-13-5-3-8-20-17(13)14/h3,5,8-10,16,19H,2,4,6-7,11-12H2,1H3. The van der Waals surface area contributed by atoms with E-state index in [4.69, 9.17) is 0 Å². The van der Waals surface area contributed by atoms with E-state index in [-0.39, 0.29) is 5.82 Å². The van der Waals surface area contributed by atoms with E-state index in [1.54, 1.807) is 18.3 Å². The second-order valence-corrected chi connectivity index (χ2v) is 5.70. The Morgan fingerprint density at radius 3 is 3.10 bits per heavy atom. The smallest absolute Gasteiger partial charge is 0.124 e. The summed E-state index contributed by atoms with van der Waals surface area (Å²) in [5.74, 6) is -0.177. The van der Waals surface area contributed by atoms with Crippen LogP contribution in [-0.2, 0) is 6.54 Å². The number of rotatable bonds is 4. The van der Waals surface area contributed by atoms with Gasteiger partial charge in [0.15, 0.2) is 0 Å². The van der Waals surface area contributed by atoms with Gasteiger partial charge >= 0.3 is 0 Å². The monoisotopic (exact) mass is 287 g/mol. The Morgan fingerprint density at radius 2 is 2.33 bits per heavy atom. The molecule has 0 bridgehead atoms. The number of aromatic nitrogens is 1. The van der Waals surface area contributed by atoms with Crippen LogP contribution in [0.4, 0.5) is 4.39 Å². The van der Waals surface area contributed by atoms with Crippen molar-refractivity contribution in [2.75, 3.05) is 19.6 Å². The number of nitrogens with zero attached hydrogens (tertiary/aromatic N) is 2. The Bertz CT molecular complexity index is 608. The highest BCUT2D eigenvalue weighted by Crippen LogP contribution is 2.22. The third kappa shape index (κ3) is 3.22. The Balaban J connectivity index is 1.88. The molecule has 112 valence electrons. The molecule has 0 amide bonds. The van der Waals surface area contributed by atoms with E-state index in [1.165, 1.54) is 12.8 Å². The van der Waals surface area contributed by atoms with Crippen LogP contribution in [0.25, 0.3) is 10.9 Å². The fourth-order valence-electron chi connectivity index (χ4n) is 3.21. The summed E-state index contributed by atoms with van der Waals surface area (Å²) >= 11 is 0. The van der Waals surface area contributed by atoms with Crippen molar-refractivity contribution in [1.82, 2.24) is 15.2 Å². The van der Waals surface area contributed by atoms with Crippen molar-refractivity contribution in [3.05, 3.63) is 41.8 Å². The summed E-state index contributed by atoms with van der Waals surface area (Å²) in [6, 6.07) is 7.51. The first kappa shape index (κ1) is 14.4. The average molecular weight is 287 g/mol. The number of hydrogen-bond acceptors (Lipinski definition) is 3. The molecule has 0 spiro atoms. The molecule has 1 aliphatic rings. The highest BCUT2D eigenvalue weighted by atomic mass is 19.1. The third-order valence-corrected chi connectivity index (χ3v) is 4.32.